The van der Waals surface area contributed by atoms with Gasteiger partial charge in [0.25, 0.3) is 0 Å². The Kier molecular flexibility index (Phi) is 14.0. The molecule has 0 aliphatic carbocycles. The predicted molar refractivity (Wildman–Crippen MR) is 161 cm³/mol. The van der Waals surface area contributed by atoms with Crippen LogP contribution in [-0.2, 0) is 11.2 Å². The second-order valence-corrected chi connectivity index (χ2v) is 11.1. The highest BCUT2D eigenvalue weighted by atomic mass is 32.2. The smallest absolute Gasteiger partial charge is 0.137 e. The summed E-state index contributed by atoms with van der Waals surface area (Å²) in [5.41, 5.74) is 3.20. The molecule has 4 rings (SSSR count). The molecule has 1 saturated heterocycles. The van der Waals surface area contributed by atoms with Gasteiger partial charge in [-0.1, -0.05) is 6.07 Å². The lowest BCUT2D eigenvalue weighted by Crippen LogP contribution is -2.26. The second-order valence-electron chi connectivity index (χ2n) is 9.87. The van der Waals surface area contributed by atoms with Crippen molar-refractivity contribution in [3.05, 3.63) is 65.6 Å². The third-order valence-corrected chi connectivity index (χ3v) is 7.51. The van der Waals surface area contributed by atoms with Crippen molar-refractivity contribution < 1.29 is 25.2 Å². The summed E-state index contributed by atoms with van der Waals surface area (Å²) in [6, 6.07) is 16.1. The number of rotatable bonds is 12. The van der Waals surface area contributed by atoms with E-state index in [-0.39, 0.29) is 17.1 Å². The van der Waals surface area contributed by atoms with Crippen molar-refractivity contribution >= 4 is 11.9 Å². The maximum Gasteiger partial charge on any atom is 0.137 e. The standard InChI is InChI=1S/C30H37N5O3S.2H2O/c1-34(2)14-5-15-35(3)39-29-9-6-22(18-28(29)36-4)19-30-32-13-10-26(33-30)23-7-8-27(24(20-23)21-31)38-25-11-16-37-17-12-25;;/h6-10,13,18,20,25H,5,11-12,14-17,19H2,1-4H3;2*1H2. The van der Waals surface area contributed by atoms with Crippen molar-refractivity contribution in [2.24, 2.45) is 0 Å². The topological polar surface area (TPSA) is 147 Å². The van der Waals surface area contributed by atoms with Gasteiger partial charge in [-0.15, -0.1) is 0 Å². The molecule has 1 aliphatic rings. The molecule has 222 valence electrons. The quantitative estimate of drug-likeness (QED) is 0.293. The molecule has 4 N–H and O–H groups in total. The van der Waals surface area contributed by atoms with Gasteiger partial charge >= 0.3 is 0 Å². The van der Waals surface area contributed by atoms with Crippen LogP contribution in [0.5, 0.6) is 11.5 Å². The van der Waals surface area contributed by atoms with E-state index in [0.717, 1.165) is 59.8 Å². The third-order valence-electron chi connectivity index (χ3n) is 6.49. The highest BCUT2D eigenvalue weighted by molar-refractivity contribution is 7.97. The van der Waals surface area contributed by atoms with Crippen molar-refractivity contribution in [2.75, 3.05) is 54.6 Å². The van der Waals surface area contributed by atoms with Gasteiger partial charge in [0.05, 0.1) is 36.5 Å². The summed E-state index contributed by atoms with van der Waals surface area (Å²) in [5, 5.41) is 9.75. The number of nitriles is 1. The van der Waals surface area contributed by atoms with E-state index in [9.17, 15) is 5.26 Å². The summed E-state index contributed by atoms with van der Waals surface area (Å²) in [5.74, 6) is 2.15. The lowest BCUT2D eigenvalue weighted by molar-refractivity contribution is 0.0254. The van der Waals surface area contributed by atoms with E-state index < -0.39 is 0 Å². The zero-order chi connectivity index (χ0) is 27.6. The first-order valence-corrected chi connectivity index (χ1v) is 14.0. The number of benzene rings is 2. The van der Waals surface area contributed by atoms with Gasteiger partial charge < -0.3 is 30.1 Å². The minimum atomic E-state index is 0. The number of aromatic nitrogens is 2. The molecule has 0 spiro atoms. The normalized spacial score (nSPS) is 13.3. The number of hydrogen-bond donors (Lipinski definition) is 0. The molecule has 0 amide bonds. The van der Waals surface area contributed by atoms with Gasteiger partial charge in [0.15, 0.2) is 0 Å². The number of nitrogens with zero attached hydrogens (tertiary/aromatic N) is 5. The Bertz CT molecular complexity index is 1280. The molecule has 0 bridgehead atoms. The van der Waals surface area contributed by atoms with E-state index in [1.54, 1.807) is 25.3 Å². The number of methoxy groups -OCH3 is 1. The Morgan fingerprint density at radius 3 is 2.51 bits per heavy atom. The van der Waals surface area contributed by atoms with Crippen LogP contribution >= 0.6 is 11.9 Å². The minimum Gasteiger partial charge on any atom is -0.496 e. The van der Waals surface area contributed by atoms with Crippen LogP contribution in [0.1, 0.15) is 36.2 Å². The lowest BCUT2D eigenvalue weighted by atomic mass is 10.1. The van der Waals surface area contributed by atoms with Gasteiger partial charge in [0, 0.05) is 37.6 Å². The minimum absolute atomic E-state index is 0. The molecule has 11 heteroatoms. The Morgan fingerprint density at radius 1 is 1.02 bits per heavy atom. The molecule has 0 atom stereocenters. The zero-order valence-electron chi connectivity index (χ0n) is 24.2. The summed E-state index contributed by atoms with van der Waals surface area (Å²) in [4.78, 5) is 12.6. The van der Waals surface area contributed by atoms with Crippen molar-refractivity contribution in [1.29, 1.82) is 5.26 Å². The van der Waals surface area contributed by atoms with E-state index >= 15 is 0 Å². The highest BCUT2D eigenvalue weighted by Crippen LogP contribution is 2.33. The van der Waals surface area contributed by atoms with Crippen LogP contribution in [0.25, 0.3) is 11.3 Å². The van der Waals surface area contributed by atoms with Crippen LogP contribution in [-0.4, -0.2) is 90.8 Å². The highest BCUT2D eigenvalue weighted by Gasteiger charge is 2.18. The average Bonchev–Trinajstić information content (AvgIpc) is 2.94. The number of ether oxygens (including phenoxy) is 3. The van der Waals surface area contributed by atoms with Gasteiger partial charge in [0.2, 0.25) is 0 Å². The van der Waals surface area contributed by atoms with E-state index in [1.165, 1.54) is 0 Å². The second kappa shape index (κ2) is 16.9. The zero-order valence-corrected chi connectivity index (χ0v) is 25.0. The summed E-state index contributed by atoms with van der Waals surface area (Å²) in [6.07, 6.45) is 5.18. The van der Waals surface area contributed by atoms with Gasteiger partial charge in [0.1, 0.15) is 29.5 Å². The maximum absolute atomic E-state index is 9.75. The summed E-state index contributed by atoms with van der Waals surface area (Å²) in [7, 11) is 8.00. The summed E-state index contributed by atoms with van der Waals surface area (Å²) in [6.45, 7) is 3.43. The van der Waals surface area contributed by atoms with E-state index in [2.05, 4.69) is 59.6 Å². The Labute approximate surface area is 247 Å². The van der Waals surface area contributed by atoms with Crippen LogP contribution in [0.2, 0.25) is 0 Å². The van der Waals surface area contributed by atoms with Gasteiger partial charge in [-0.3, -0.25) is 0 Å². The fourth-order valence-corrected chi connectivity index (χ4v) is 5.32. The molecule has 2 heterocycles. The summed E-state index contributed by atoms with van der Waals surface area (Å²) >= 11 is 1.69. The Balaban J connectivity index is 0.00000294. The van der Waals surface area contributed by atoms with Crippen LogP contribution in [0, 0.1) is 11.3 Å². The molecule has 1 fully saturated rings. The largest absolute Gasteiger partial charge is 0.496 e. The van der Waals surface area contributed by atoms with Gasteiger partial charge in [-0.25, -0.2) is 14.3 Å². The molecule has 10 nitrogen and oxygen atoms in total. The molecule has 1 aromatic heterocycles. The molecule has 3 aromatic rings. The Hall–Kier alpha value is -3.24. The molecular weight excluding hydrogens is 542 g/mol. The van der Waals surface area contributed by atoms with Crippen molar-refractivity contribution in [2.45, 2.75) is 36.7 Å². The van der Waals surface area contributed by atoms with Crippen LogP contribution < -0.4 is 9.47 Å². The predicted octanol–water partition coefficient (Wildman–Crippen LogP) is 3.41. The Morgan fingerprint density at radius 2 is 1.80 bits per heavy atom. The fourth-order valence-electron chi connectivity index (χ4n) is 4.40. The molecule has 0 saturated carbocycles. The van der Waals surface area contributed by atoms with Crippen molar-refractivity contribution in [3.8, 4) is 28.8 Å². The van der Waals surface area contributed by atoms with Crippen LogP contribution in [0.3, 0.4) is 0 Å². The van der Waals surface area contributed by atoms with E-state index in [4.69, 9.17) is 19.2 Å². The van der Waals surface area contributed by atoms with Crippen molar-refractivity contribution in [1.82, 2.24) is 19.2 Å². The fraction of sp³-hybridized carbons (Fsp3) is 0.433. The molecule has 41 heavy (non-hydrogen) atoms. The first-order valence-electron chi connectivity index (χ1n) is 13.3. The first kappa shape index (κ1) is 34.0. The molecular formula is C30H41N5O5S. The van der Waals surface area contributed by atoms with Gasteiger partial charge in [-0.2, -0.15) is 5.26 Å². The number of hydrogen-bond acceptors (Lipinski definition) is 9. The van der Waals surface area contributed by atoms with E-state index in [0.29, 0.717) is 36.8 Å². The first-order chi connectivity index (χ1) is 18.9. The molecule has 0 radical (unpaired) electrons. The molecule has 2 aromatic carbocycles. The van der Waals surface area contributed by atoms with Crippen LogP contribution in [0.15, 0.2) is 53.6 Å². The van der Waals surface area contributed by atoms with Crippen molar-refractivity contribution in [3.63, 3.8) is 0 Å². The third kappa shape index (κ3) is 9.97. The summed E-state index contributed by atoms with van der Waals surface area (Å²) < 4.78 is 19.5. The molecule has 1 aliphatic heterocycles. The molecule has 0 unspecified atom stereocenters. The van der Waals surface area contributed by atoms with Crippen LogP contribution in [0.4, 0.5) is 0 Å². The monoisotopic (exact) mass is 583 g/mol. The van der Waals surface area contributed by atoms with E-state index in [1.807, 2.05) is 24.3 Å². The lowest BCUT2D eigenvalue weighted by Gasteiger charge is -2.23. The SMILES string of the molecule is COc1cc(Cc2nccc(-c3ccc(OC4CCOCC4)c(C#N)c3)n2)ccc1SN(C)CCCN(C)C.O.O. The van der Waals surface area contributed by atoms with Gasteiger partial charge in [-0.05, 0) is 88.0 Å². The maximum atomic E-state index is 9.75. The average molecular weight is 584 g/mol.